The minimum absolute atomic E-state index is 0.180. The summed E-state index contributed by atoms with van der Waals surface area (Å²) < 4.78 is 28.0. The number of hydrogen-bond donors (Lipinski definition) is 1. The van der Waals surface area contributed by atoms with Crippen LogP contribution in [0.3, 0.4) is 0 Å². The van der Waals surface area contributed by atoms with Crippen molar-refractivity contribution in [2.24, 2.45) is 0 Å². The first-order valence-electron chi connectivity index (χ1n) is 11.0. The van der Waals surface area contributed by atoms with Crippen molar-refractivity contribution in [3.63, 3.8) is 0 Å². The largest absolute Gasteiger partial charge is 0.321 e. The molecule has 3 aromatic rings. The summed E-state index contributed by atoms with van der Waals surface area (Å²) in [5, 5.41) is 3.10. The lowest BCUT2D eigenvalue weighted by Gasteiger charge is -2.24. The third-order valence-corrected chi connectivity index (χ3v) is 7.97. The van der Waals surface area contributed by atoms with Crippen molar-refractivity contribution in [2.45, 2.75) is 51.0 Å². The lowest BCUT2D eigenvalue weighted by molar-refractivity contribution is 0.102. The summed E-state index contributed by atoms with van der Waals surface area (Å²) >= 11 is 0. The molecule has 0 aromatic heterocycles. The lowest BCUT2D eigenvalue weighted by Crippen LogP contribution is -2.35. The van der Waals surface area contributed by atoms with Gasteiger partial charge in [0.1, 0.15) is 0 Å². The van der Waals surface area contributed by atoms with Gasteiger partial charge >= 0.3 is 0 Å². The Morgan fingerprint density at radius 3 is 2.25 bits per heavy atom. The van der Waals surface area contributed by atoms with E-state index in [0.29, 0.717) is 17.7 Å². The fraction of sp³-hybridized carbons (Fsp3) is 0.269. The topological polar surface area (TPSA) is 66.5 Å². The number of benzene rings is 3. The van der Waals surface area contributed by atoms with E-state index in [4.69, 9.17) is 0 Å². The number of aryl methyl sites for hydroxylation is 2. The predicted molar refractivity (Wildman–Crippen MR) is 129 cm³/mol. The number of carbonyl (C=O) groups is 1. The molecule has 0 aliphatic carbocycles. The quantitative estimate of drug-likeness (QED) is 0.563. The Bertz CT molecular complexity index is 1230. The fourth-order valence-electron chi connectivity index (χ4n) is 4.41. The minimum Gasteiger partial charge on any atom is -0.321 e. The predicted octanol–water partition coefficient (Wildman–Crippen LogP) is 5.20. The molecule has 3 aromatic carbocycles. The maximum Gasteiger partial charge on any atom is 0.264 e. The van der Waals surface area contributed by atoms with Gasteiger partial charge in [-0.2, -0.15) is 0 Å². The number of rotatable bonds is 6. The normalized spacial score (nSPS) is 15.5. The van der Waals surface area contributed by atoms with Crippen molar-refractivity contribution in [3.05, 3.63) is 89.0 Å². The molecule has 32 heavy (non-hydrogen) atoms. The van der Waals surface area contributed by atoms with Crippen molar-refractivity contribution in [1.29, 1.82) is 0 Å². The van der Waals surface area contributed by atoms with Gasteiger partial charge in [0.15, 0.2) is 0 Å². The third-order valence-electron chi connectivity index (χ3n) is 6.03. The molecule has 0 bridgehead atoms. The number of carbonyl (C=O) groups excluding carboxylic acids is 1. The van der Waals surface area contributed by atoms with Gasteiger partial charge in [-0.1, -0.05) is 50.2 Å². The highest BCUT2D eigenvalue weighted by Crippen LogP contribution is 2.37. The summed E-state index contributed by atoms with van der Waals surface area (Å²) in [5.74, 6) is -0.180. The van der Waals surface area contributed by atoms with Crippen LogP contribution in [0.25, 0.3) is 0 Å². The van der Waals surface area contributed by atoms with Crippen molar-refractivity contribution >= 4 is 27.3 Å². The smallest absolute Gasteiger partial charge is 0.264 e. The van der Waals surface area contributed by atoms with Crippen molar-refractivity contribution in [3.8, 4) is 0 Å². The summed E-state index contributed by atoms with van der Waals surface area (Å²) in [4.78, 5) is 13.4. The molecule has 0 saturated carbocycles. The number of fused-ring (bicyclic) bond motifs is 1. The van der Waals surface area contributed by atoms with E-state index < -0.39 is 10.0 Å². The van der Waals surface area contributed by atoms with E-state index in [0.717, 1.165) is 35.2 Å². The van der Waals surface area contributed by atoms with E-state index in [1.54, 1.807) is 42.5 Å². The van der Waals surface area contributed by atoms with Gasteiger partial charge in [-0.05, 0) is 73.2 Å². The molecule has 4 rings (SSSR count). The van der Waals surface area contributed by atoms with Crippen LogP contribution in [0.4, 0.5) is 11.4 Å². The second-order valence-electron chi connectivity index (χ2n) is 8.12. The molecule has 1 aliphatic rings. The molecule has 0 saturated heterocycles. The van der Waals surface area contributed by atoms with Gasteiger partial charge < -0.3 is 5.32 Å². The molecule has 0 fully saturated rings. The average molecular weight is 449 g/mol. The molecule has 1 aliphatic heterocycles. The number of nitrogens with one attached hydrogen (secondary N) is 1. The van der Waals surface area contributed by atoms with Crippen molar-refractivity contribution in [1.82, 2.24) is 0 Å². The Morgan fingerprint density at radius 2 is 1.62 bits per heavy atom. The highest BCUT2D eigenvalue weighted by atomic mass is 32.2. The first-order valence-corrected chi connectivity index (χ1v) is 12.4. The Kier molecular flexibility index (Phi) is 6.07. The Balaban J connectivity index is 1.65. The molecule has 166 valence electrons. The SMILES string of the molecule is CCc1cccc(CC)c1NC(=O)c1ccc2c(c1)C[C@@H](C)N2S(=O)(=O)c1ccccc1. The zero-order valence-corrected chi connectivity index (χ0v) is 19.4. The summed E-state index contributed by atoms with van der Waals surface area (Å²) in [7, 11) is -3.67. The van der Waals surface area contributed by atoms with Gasteiger partial charge in [0, 0.05) is 17.3 Å². The fourth-order valence-corrected chi connectivity index (χ4v) is 6.12. The monoisotopic (exact) mass is 448 g/mol. The summed E-state index contributed by atoms with van der Waals surface area (Å²) in [6.07, 6.45) is 2.23. The molecule has 1 heterocycles. The molecular weight excluding hydrogens is 420 g/mol. The summed E-state index contributed by atoms with van der Waals surface area (Å²) in [6, 6.07) is 19.6. The second-order valence-corrected chi connectivity index (χ2v) is 9.94. The molecule has 0 spiro atoms. The first-order chi connectivity index (χ1) is 15.4. The van der Waals surface area contributed by atoms with Gasteiger partial charge in [-0.15, -0.1) is 0 Å². The molecule has 0 unspecified atom stereocenters. The standard InChI is InChI=1S/C26H28N2O3S/c1-4-19-10-9-11-20(5-2)25(19)27-26(29)21-14-15-24-22(17-21)16-18(3)28(24)32(30,31)23-12-7-6-8-13-23/h6-15,17-18H,4-5,16H2,1-3H3,(H,27,29)/t18-/m1/s1. The van der Waals surface area contributed by atoms with Crippen LogP contribution in [0.15, 0.2) is 71.6 Å². The van der Waals surface area contributed by atoms with Gasteiger partial charge in [-0.25, -0.2) is 8.42 Å². The molecule has 1 N–H and O–H groups in total. The number of amides is 1. The van der Waals surface area contributed by atoms with E-state index in [1.165, 1.54) is 4.31 Å². The van der Waals surface area contributed by atoms with Crippen LogP contribution in [0.5, 0.6) is 0 Å². The van der Waals surface area contributed by atoms with Gasteiger partial charge in [0.2, 0.25) is 0 Å². The van der Waals surface area contributed by atoms with Gasteiger partial charge in [0.05, 0.1) is 10.6 Å². The van der Waals surface area contributed by atoms with Crippen LogP contribution in [0, 0.1) is 0 Å². The molecule has 5 nitrogen and oxygen atoms in total. The van der Waals surface area contributed by atoms with Gasteiger partial charge in [0.25, 0.3) is 15.9 Å². The zero-order chi connectivity index (χ0) is 22.9. The van der Waals surface area contributed by atoms with Crippen LogP contribution in [0.2, 0.25) is 0 Å². The average Bonchev–Trinajstić information content (AvgIpc) is 3.15. The van der Waals surface area contributed by atoms with E-state index >= 15 is 0 Å². The number of anilines is 2. The lowest BCUT2D eigenvalue weighted by atomic mass is 10.0. The van der Waals surface area contributed by atoms with Crippen LogP contribution < -0.4 is 9.62 Å². The van der Waals surface area contributed by atoms with E-state index in [9.17, 15) is 13.2 Å². The third kappa shape index (κ3) is 3.91. The molecule has 1 atom stereocenters. The molecule has 6 heteroatoms. The number of sulfonamides is 1. The van der Waals surface area contributed by atoms with Crippen LogP contribution in [-0.2, 0) is 29.3 Å². The van der Waals surface area contributed by atoms with E-state index in [1.807, 2.05) is 31.2 Å². The van der Waals surface area contributed by atoms with Crippen LogP contribution in [-0.4, -0.2) is 20.4 Å². The first kappa shape index (κ1) is 22.1. The van der Waals surface area contributed by atoms with E-state index in [-0.39, 0.29) is 16.8 Å². The minimum atomic E-state index is -3.67. The Labute approximate surface area is 190 Å². The van der Waals surface area contributed by atoms with Crippen LogP contribution in [0.1, 0.15) is 47.8 Å². The summed E-state index contributed by atoms with van der Waals surface area (Å²) in [6.45, 7) is 6.04. The second kappa shape index (κ2) is 8.79. The highest BCUT2D eigenvalue weighted by Gasteiger charge is 2.36. The summed E-state index contributed by atoms with van der Waals surface area (Å²) in [5.41, 5.74) is 5.12. The Morgan fingerprint density at radius 1 is 0.969 bits per heavy atom. The van der Waals surface area contributed by atoms with Crippen molar-refractivity contribution in [2.75, 3.05) is 9.62 Å². The number of hydrogen-bond acceptors (Lipinski definition) is 3. The van der Waals surface area contributed by atoms with Gasteiger partial charge in [-0.3, -0.25) is 9.10 Å². The zero-order valence-electron chi connectivity index (χ0n) is 18.6. The van der Waals surface area contributed by atoms with E-state index in [2.05, 4.69) is 19.2 Å². The van der Waals surface area contributed by atoms with Crippen LogP contribution >= 0.6 is 0 Å². The maximum absolute atomic E-state index is 13.3. The Hall–Kier alpha value is -3.12. The number of nitrogens with zero attached hydrogens (tertiary/aromatic N) is 1. The van der Waals surface area contributed by atoms with Crippen molar-refractivity contribution < 1.29 is 13.2 Å². The number of para-hydroxylation sites is 1. The molecule has 1 amide bonds. The molecular formula is C26H28N2O3S. The molecule has 0 radical (unpaired) electrons. The highest BCUT2D eigenvalue weighted by molar-refractivity contribution is 7.92. The maximum atomic E-state index is 13.3.